The smallest absolute Gasteiger partial charge is 0.257 e. The van der Waals surface area contributed by atoms with Crippen LogP contribution >= 0.6 is 0 Å². The highest BCUT2D eigenvalue weighted by molar-refractivity contribution is 5.97. The van der Waals surface area contributed by atoms with Crippen molar-refractivity contribution in [3.8, 4) is 11.5 Å². The van der Waals surface area contributed by atoms with E-state index in [0.29, 0.717) is 13.0 Å². The van der Waals surface area contributed by atoms with Gasteiger partial charge in [-0.25, -0.2) is 0 Å². The summed E-state index contributed by atoms with van der Waals surface area (Å²) in [4.78, 5) is 14.1. The number of nitrogens with zero attached hydrogens (tertiary/aromatic N) is 1. The molecule has 1 amide bonds. The third kappa shape index (κ3) is 2.98. The van der Waals surface area contributed by atoms with Gasteiger partial charge in [-0.1, -0.05) is 0 Å². The summed E-state index contributed by atoms with van der Waals surface area (Å²) in [6.45, 7) is 2.34. The Kier molecular flexibility index (Phi) is 3.95. The summed E-state index contributed by atoms with van der Waals surface area (Å²) < 4.78 is 0. The molecule has 3 N–H and O–H groups in total. The summed E-state index contributed by atoms with van der Waals surface area (Å²) in [5.74, 6) is -0.538. The molecule has 104 valence electrons. The molecular weight excluding hydrogens is 246 g/mol. The van der Waals surface area contributed by atoms with Crippen LogP contribution in [-0.2, 0) is 0 Å². The Hall–Kier alpha value is -1.75. The Morgan fingerprint density at radius 1 is 1.47 bits per heavy atom. The lowest BCUT2D eigenvalue weighted by atomic mass is 10.1. The minimum atomic E-state index is -0.452. The number of rotatable bonds is 3. The van der Waals surface area contributed by atoms with E-state index in [-0.39, 0.29) is 29.0 Å². The van der Waals surface area contributed by atoms with Crippen LogP contribution in [-0.4, -0.2) is 44.8 Å². The molecule has 1 aliphatic heterocycles. The highest BCUT2D eigenvalue weighted by atomic mass is 16.3. The van der Waals surface area contributed by atoms with Crippen molar-refractivity contribution < 1.29 is 20.1 Å². The molecule has 19 heavy (non-hydrogen) atoms. The lowest BCUT2D eigenvalue weighted by Gasteiger charge is -2.26. The van der Waals surface area contributed by atoms with Gasteiger partial charge in [0.1, 0.15) is 11.5 Å². The molecule has 1 heterocycles. The molecule has 2 rings (SSSR count). The summed E-state index contributed by atoms with van der Waals surface area (Å²) in [5.41, 5.74) is 0.190. The van der Waals surface area contributed by atoms with Crippen molar-refractivity contribution in [1.82, 2.24) is 4.90 Å². The van der Waals surface area contributed by atoms with Gasteiger partial charge in [0.2, 0.25) is 0 Å². The predicted molar refractivity (Wildman–Crippen MR) is 70.1 cm³/mol. The third-order valence-electron chi connectivity index (χ3n) is 3.46. The van der Waals surface area contributed by atoms with Crippen molar-refractivity contribution in [1.29, 1.82) is 0 Å². The maximum Gasteiger partial charge on any atom is 0.257 e. The molecule has 0 aromatic heterocycles. The molecule has 0 aliphatic carbocycles. The average molecular weight is 265 g/mol. The minimum absolute atomic E-state index is 0.0145. The lowest BCUT2D eigenvalue weighted by Crippen LogP contribution is -2.37. The topological polar surface area (TPSA) is 81.0 Å². The first kappa shape index (κ1) is 13.7. The van der Waals surface area contributed by atoms with E-state index < -0.39 is 6.10 Å². The van der Waals surface area contributed by atoms with Crippen LogP contribution in [0.3, 0.4) is 0 Å². The number of hydrogen-bond donors (Lipinski definition) is 3. The molecule has 1 aliphatic rings. The second-order valence-corrected chi connectivity index (χ2v) is 5.08. The van der Waals surface area contributed by atoms with Gasteiger partial charge < -0.3 is 20.2 Å². The molecular formula is C14H19NO4. The van der Waals surface area contributed by atoms with Crippen LogP contribution in [0.2, 0.25) is 0 Å². The van der Waals surface area contributed by atoms with E-state index in [0.717, 1.165) is 18.9 Å². The fourth-order valence-electron chi connectivity index (χ4n) is 2.60. The number of phenols is 2. The van der Waals surface area contributed by atoms with Gasteiger partial charge in [0.15, 0.2) is 0 Å². The highest BCUT2D eigenvalue weighted by Crippen LogP contribution is 2.28. The molecule has 1 fully saturated rings. The van der Waals surface area contributed by atoms with E-state index in [1.807, 2.05) is 0 Å². The number of carbonyl (C=O) groups is 1. The zero-order valence-electron chi connectivity index (χ0n) is 10.9. The number of aliphatic hydroxyl groups excluding tert-OH is 1. The van der Waals surface area contributed by atoms with E-state index in [9.17, 15) is 20.1 Å². The van der Waals surface area contributed by atoms with Crippen molar-refractivity contribution in [3.05, 3.63) is 23.8 Å². The summed E-state index contributed by atoms with van der Waals surface area (Å²) >= 11 is 0. The summed E-state index contributed by atoms with van der Waals surface area (Å²) in [7, 11) is 0. The molecule has 1 aromatic carbocycles. The van der Waals surface area contributed by atoms with Crippen molar-refractivity contribution in [3.63, 3.8) is 0 Å². The van der Waals surface area contributed by atoms with Crippen LogP contribution in [0, 0.1) is 0 Å². The van der Waals surface area contributed by atoms with Crippen LogP contribution in [0.1, 0.15) is 36.5 Å². The van der Waals surface area contributed by atoms with Crippen LogP contribution in [0.25, 0.3) is 0 Å². The minimum Gasteiger partial charge on any atom is -0.508 e. The summed E-state index contributed by atoms with van der Waals surface area (Å²) in [6.07, 6.45) is 1.87. The zero-order valence-corrected chi connectivity index (χ0v) is 10.9. The van der Waals surface area contributed by atoms with E-state index in [1.54, 1.807) is 11.8 Å². The van der Waals surface area contributed by atoms with Gasteiger partial charge >= 0.3 is 0 Å². The highest BCUT2D eigenvalue weighted by Gasteiger charge is 2.31. The van der Waals surface area contributed by atoms with Gasteiger partial charge in [-0.2, -0.15) is 0 Å². The molecule has 0 spiro atoms. The second-order valence-electron chi connectivity index (χ2n) is 5.08. The summed E-state index contributed by atoms with van der Waals surface area (Å²) in [6, 6.07) is 3.98. The first-order valence-corrected chi connectivity index (χ1v) is 6.50. The number of phenolic OH excluding ortho intramolecular Hbond substituents is 2. The molecule has 0 saturated carbocycles. The third-order valence-corrected chi connectivity index (χ3v) is 3.46. The zero-order chi connectivity index (χ0) is 14.0. The largest absolute Gasteiger partial charge is 0.508 e. The number of hydrogen-bond acceptors (Lipinski definition) is 4. The standard InChI is InChI=1S/C14H19NO4/c1-9(16)7-10-3-2-6-15(10)14(19)12-5-4-11(17)8-13(12)18/h4-5,8-10,16-18H,2-3,6-7H2,1H3. The Balaban J connectivity index is 2.18. The van der Waals surface area contributed by atoms with Crippen LogP contribution in [0.5, 0.6) is 11.5 Å². The Bertz CT molecular complexity index is 473. The second kappa shape index (κ2) is 5.48. The molecule has 2 atom stereocenters. The molecule has 0 bridgehead atoms. The van der Waals surface area contributed by atoms with Crippen molar-refractivity contribution in [2.75, 3.05) is 6.54 Å². The first-order chi connectivity index (χ1) is 8.99. The molecule has 5 nitrogen and oxygen atoms in total. The number of amides is 1. The maximum atomic E-state index is 12.4. The monoisotopic (exact) mass is 265 g/mol. The first-order valence-electron chi connectivity index (χ1n) is 6.50. The van der Waals surface area contributed by atoms with Gasteiger partial charge in [0, 0.05) is 18.7 Å². The fourth-order valence-corrected chi connectivity index (χ4v) is 2.60. The van der Waals surface area contributed by atoms with E-state index in [4.69, 9.17) is 0 Å². The number of aromatic hydroxyl groups is 2. The van der Waals surface area contributed by atoms with Crippen LogP contribution < -0.4 is 0 Å². The number of aliphatic hydroxyl groups is 1. The van der Waals surface area contributed by atoms with E-state index in [2.05, 4.69) is 0 Å². The average Bonchev–Trinajstić information content (AvgIpc) is 2.75. The van der Waals surface area contributed by atoms with Gasteiger partial charge in [-0.15, -0.1) is 0 Å². The number of benzene rings is 1. The normalized spacial score (nSPS) is 20.5. The van der Waals surface area contributed by atoms with Crippen molar-refractivity contribution in [2.24, 2.45) is 0 Å². The van der Waals surface area contributed by atoms with Gasteiger partial charge in [-0.05, 0) is 38.3 Å². The maximum absolute atomic E-state index is 12.4. The van der Waals surface area contributed by atoms with Gasteiger partial charge in [0.25, 0.3) is 5.91 Å². The van der Waals surface area contributed by atoms with E-state index >= 15 is 0 Å². The van der Waals surface area contributed by atoms with E-state index in [1.165, 1.54) is 12.1 Å². The van der Waals surface area contributed by atoms with Gasteiger partial charge in [0.05, 0.1) is 11.7 Å². The molecule has 0 radical (unpaired) electrons. The Morgan fingerprint density at radius 2 is 2.21 bits per heavy atom. The quantitative estimate of drug-likeness (QED) is 0.773. The number of carbonyl (C=O) groups excluding carboxylic acids is 1. The number of likely N-dealkylation sites (tertiary alicyclic amines) is 1. The SMILES string of the molecule is CC(O)CC1CCCN1C(=O)c1ccc(O)cc1O. The lowest BCUT2D eigenvalue weighted by molar-refractivity contribution is 0.0679. The van der Waals surface area contributed by atoms with Crippen molar-refractivity contribution >= 4 is 5.91 Å². The molecule has 2 unspecified atom stereocenters. The van der Waals surface area contributed by atoms with Crippen LogP contribution in [0.15, 0.2) is 18.2 Å². The van der Waals surface area contributed by atoms with Gasteiger partial charge in [-0.3, -0.25) is 4.79 Å². The Morgan fingerprint density at radius 3 is 2.84 bits per heavy atom. The predicted octanol–water partition coefficient (Wildman–Crippen LogP) is 1.47. The molecule has 5 heteroatoms. The van der Waals surface area contributed by atoms with Crippen molar-refractivity contribution in [2.45, 2.75) is 38.3 Å². The van der Waals surface area contributed by atoms with Crippen LogP contribution in [0.4, 0.5) is 0 Å². The molecule has 1 aromatic rings. The molecule has 1 saturated heterocycles. The fraction of sp³-hybridized carbons (Fsp3) is 0.500. The Labute approximate surface area is 112 Å². The summed E-state index contributed by atoms with van der Waals surface area (Å²) in [5, 5.41) is 28.4.